The molecule has 0 aliphatic heterocycles. The fourth-order valence-electron chi connectivity index (χ4n) is 4.35. The van der Waals surface area contributed by atoms with E-state index in [1.54, 1.807) is 6.07 Å². The van der Waals surface area contributed by atoms with Gasteiger partial charge in [0.15, 0.2) is 11.4 Å². The fourth-order valence-corrected chi connectivity index (χ4v) is 4.58. The van der Waals surface area contributed by atoms with Crippen molar-refractivity contribution >= 4 is 28.4 Å². The molecule has 2 aromatic heterocycles. The summed E-state index contributed by atoms with van der Waals surface area (Å²) in [5.41, 5.74) is 3.21. The number of hydrogen-bond acceptors (Lipinski definition) is 3. The highest BCUT2D eigenvalue weighted by Gasteiger charge is 2.36. The van der Waals surface area contributed by atoms with Crippen LogP contribution in [0.25, 0.3) is 27.8 Å². The molecule has 0 saturated carbocycles. The van der Waals surface area contributed by atoms with Gasteiger partial charge >= 0.3 is 0 Å². The van der Waals surface area contributed by atoms with Gasteiger partial charge in [-0.05, 0) is 30.0 Å². The lowest BCUT2D eigenvalue weighted by atomic mass is 9.73. The molecular weight excluding hydrogens is 398 g/mol. The van der Waals surface area contributed by atoms with Crippen molar-refractivity contribution in [2.75, 3.05) is 0 Å². The van der Waals surface area contributed by atoms with E-state index in [2.05, 4.69) is 18.9 Å². The van der Waals surface area contributed by atoms with E-state index in [-0.39, 0.29) is 16.8 Å². The average molecular weight is 418 g/mol. The van der Waals surface area contributed by atoms with E-state index < -0.39 is 0 Å². The Kier molecular flexibility index (Phi) is 4.19. The Morgan fingerprint density at radius 3 is 2.40 bits per heavy atom. The van der Waals surface area contributed by atoms with Crippen molar-refractivity contribution in [2.45, 2.75) is 26.7 Å². The Bertz CT molecular complexity index is 1370. The molecule has 0 amide bonds. The van der Waals surface area contributed by atoms with Crippen molar-refractivity contribution in [3.05, 3.63) is 81.2 Å². The van der Waals surface area contributed by atoms with E-state index in [1.165, 1.54) is 4.68 Å². The van der Waals surface area contributed by atoms with Gasteiger partial charge in [-0.15, -0.1) is 0 Å². The number of nitrogens with one attached hydrogen (secondary N) is 1. The molecule has 1 aliphatic rings. The molecule has 4 aromatic rings. The number of ketones is 1. The standard InChI is InChI=1S/C24H20ClN3O2/c1-24(2)12-17-20(18(29)13-24)19(15-10-6-7-11-16(15)25)21-22(26-17)27-28(23(21)30)14-8-4-3-5-9-14/h3-11H,12-13H2,1-2H3,(H,26,27). The van der Waals surface area contributed by atoms with Gasteiger partial charge in [0.25, 0.3) is 5.56 Å². The zero-order chi connectivity index (χ0) is 21.0. The molecule has 0 bridgehead atoms. The van der Waals surface area contributed by atoms with E-state index in [9.17, 15) is 9.59 Å². The molecule has 2 heterocycles. The topological polar surface area (TPSA) is 67.8 Å². The van der Waals surface area contributed by atoms with E-state index in [4.69, 9.17) is 16.6 Å². The molecule has 2 aromatic carbocycles. The Morgan fingerprint density at radius 2 is 1.67 bits per heavy atom. The van der Waals surface area contributed by atoms with Crippen molar-refractivity contribution in [3.63, 3.8) is 0 Å². The monoisotopic (exact) mass is 417 g/mol. The highest BCUT2D eigenvalue weighted by Crippen LogP contribution is 2.42. The minimum Gasteiger partial charge on any atom is -0.294 e. The number of fused-ring (bicyclic) bond motifs is 2. The molecule has 6 heteroatoms. The molecule has 1 N–H and O–H groups in total. The molecule has 0 atom stereocenters. The van der Waals surface area contributed by atoms with Crippen LogP contribution in [0, 0.1) is 5.41 Å². The number of carbonyl (C=O) groups is 1. The molecule has 0 fully saturated rings. The van der Waals surface area contributed by atoms with Crippen molar-refractivity contribution in [1.82, 2.24) is 14.8 Å². The lowest BCUT2D eigenvalue weighted by molar-refractivity contribution is 0.0911. The van der Waals surface area contributed by atoms with E-state index in [1.807, 2.05) is 48.5 Å². The Hall–Kier alpha value is -3.18. The second-order valence-corrected chi connectivity index (χ2v) is 8.95. The number of Topliss-reactive ketones (excluding diaryl/α,β-unsaturated/α-hetero) is 1. The van der Waals surface area contributed by atoms with Crippen molar-refractivity contribution in [2.24, 2.45) is 5.41 Å². The number of aromatic nitrogens is 3. The molecule has 5 rings (SSSR count). The normalized spacial score (nSPS) is 15.4. The van der Waals surface area contributed by atoms with Crippen LogP contribution in [0.15, 0.2) is 59.4 Å². The van der Waals surface area contributed by atoms with E-state index >= 15 is 0 Å². The number of H-pyrrole nitrogens is 1. The third kappa shape index (κ3) is 2.89. The second-order valence-electron chi connectivity index (χ2n) is 8.54. The quantitative estimate of drug-likeness (QED) is 0.488. The fraction of sp³-hybridized carbons (Fsp3) is 0.208. The SMILES string of the molecule is CC1(C)CC(=O)c2c(nc3[nH]n(-c4ccccc4)c(=O)c3c2-c2ccccc2Cl)C1. The number of para-hydroxylation sites is 1. The lowest BCUT2D eigenvalue weighted by Crippen LogP contribution is -2.29. The third-order valence-electron chi connectivity index (χ3n) is 5.63. The van der Waals surface area contributed by atoms with Crippen LogP contribution in [-0.2, 0) is 6.42 Å². The second kappa shape index (κ2) is 6.67. The van der Waals surface area contributed by atoms with Gasteiger partial charge in [-0.2, -0.15) is 0 Å². The third-order valence-corrected chi connectivity index (χ3v) is 5.96. The Balaban J connectivity index is 1.93. The Morgan fingerprint density at radius 1 is 0.967 bits per heavy atom. The molecule has 0 saturated heterocycles. The van der Waals surface area contributed by atoms with Gasteiger partial charge in [0.2, 0.25) is 0 Å². The largest absolute Gasteiger partial charge is 0.294 e. The van der Waals surface area contributed by atoms with Gasteiger partial charge in [0.05, 0.1) is 16.8 Å². The number of pyridine rings is 1. The summed E-state index contributed by atoms with van der Waals surface area (Å²) in [5.74, 6) is -0.00238. The van der Waals surface area contributed by atoms with Crippen molar-refractivity contribution < 1.29 is 4.79 Å². The van der Waals surface area contributed by atoms with Crippen LogP contribution in [0.5, 0.6) is 0 Å². The summed E-state index contributed by atoms with van der Waals surface area (Å²) in [6.07, 6.45) is 1.06. The van der Waals surface area contributed by atoms with Crippen LogP contribution in [0.3, 0.4) is 0 Å². The van der Waals surface area contributed by atoms with Gasteiger partial charge < -0.3 is 0 Å². The van der Waals surface area contributed by atoms with E-state index in [0.717, 1.165) is 0 Å². The van der Waals surface area contributed by atoms with Gasteiger partial charge in [-0.1, -0.05) is 61.8 Å². The first-order valence-electron chi connectivity index (χ1n) is 9.87. The molecular formula is C24H20ClN3O2. The number of hydrogen-bond donors (Lipinski definition) is 1. The average Bonchev–Trinajstić information content (AvgIpc) is 3.03. The number of halogens is 1. The summed E-state index contributed by atoms with van der Waals surface area (Å²) in [5, 5.41) is 4.03. The number of carbonyl (C=O) groups excluding carboxylic acids is 1. The first kappa shape index (κ1) is 18.8. The molecule has 30 heavy (non-hydrogen) atoms. The van der Waals surface area contributed by atoms with Crippen LogP contribution >= 0.6 is 11.6 Å². The zero-order valence-electron chi connectivity index (χ0n) is 16.7. The molecule has 150 valence electrons. The lowest BCUT2D eigenvalue weighted by Gasteiger charge is -2.30. The van der Waals surface area contributed by atoms with Crippen molar-refractivity contribution in [1.29, 1.82) is 0 Å². The van der Waals surface area contributed by atoms with Crippen molar-refractivity contribution in [3.8, 4) is 16.8 Å². The Labute approximate surface area is 178 Å². The van der Waals surface area contributed by atoms with Crippen LogP contribution in [0.2, 0.25) is 5.02 Å². The molecule has 5 nitrogen and oxygen atoms in total. The first-order valence-corrected chi connectivity index (χ1v) is 10.2. The smallest absolute Gasteiger partial charge is 0.281 e. The van der Waals surface area contributed by atoms with Gasteiger partial charge in [0.1, 0.15) is 0 Å². The highest BCUT2D eigenvalue weighted by atomic mass is 35.5. The van der Waals surface area contributed by atoms with Crippen LogP contribution in [0.4, 0.5) is 0 Å². The predicted octanol–water partition coefficient (Wildman–Crippen LogP) is 5.19. The molecule has 0 spiro atoms. The summed E-state index contributed by atoms with van der Waals surface area (Å²) < 4.78 is 1.47. The summed E-state index contributed by atoms with van der Waals surface area (Å²) >= 11 is 6.53. The van der Waals surface area contributed by atoms with Crippen LogP contribution in [0.1, 0.15) is 36.3 Å². The maximum atomic E-state index is 13.5. The number of nitrogens with zero attached hydrogens (tertiary/aromatic N) is 2. The maximum Gasteiger partial charge on any atom is 0.281 e. The molecule has 0 unspecified atom stereocenters. The van der Waals surface area contributed by atoms with Gasteiger partial charge in [-0.25, -0.2) is 9.67 Å². The highest BCUT2D eigenvalue weighted by molar-refractivity contribution is 6.34. The molecule has 0 radical (unpaired) electrons. The molecule has 1 aliphatic carbocycles. The van der Waals surface area contributed by atoms with Crippen LogP contribution < -0.4 is 5.56 Å². The maximum absolute atomic E-state index is 13.5. The number of aromatic amines is 1. The summed E-state index contributed by atoms with van der Waals surface area (Å²) in [7, 11) is 0. The van der Waals surface area contributed by atoms with E-state index in [0.29, 0.717) is 57.0 Å². The number of benzene rings is 2. The van der Waals surface area contributed by atoms with Crippen LogP contribution in [-0.4, -0.2) is 20.5 Å². The minimum absolute atomic E-state index is 0.00238. The van der Waals surface area contributed by atoms with Gasteiger partial charge in [-0.3, -0.25) is 14.7 Å². The summed E-state index contributed by atoms with van der Waals surface area (Å²) in [6, 6.07) is 16.6. The summed E-state index contributed by atoms with van der Waals surface area (Å²) in [6.45, 7) is 4.12. The zero-order valence-corrected chi connectivity index (χ0v) is 17.5. The van der Waals surface area contributed by atoms with Gasteiger partial charge in [0, 0.05) is 28.1 Å². The number of rotatable bonds is 2. The predicted molar refractivity (Wildman–Crippen MR) is 119 cm³/mol. The summed E-state index contributed by atoms with van der Waals surface area (Å²) in [4.78, 5) is 31.5. The first-order chi connectivity index (χ1) is 14.4. The minimum atomic E-state index is -0.251.